The summed E-state index contributed by atoms with van der Waals surface area (Å²) in [7, 11) is 4.41. The maximum atomic E-state index is 2.38. The highest BCUT2D eigenvalue weighted by Crippen LogP contribution is 2.30. The Labute approximate surface area is 72.3 Å². The fourth-order valence-electron chi connectivity index (χ4n) is 2.33. The van der Waals surface area contributed by atoms with Crippen LogP contribution in [0.4, 0.5) is 0 Å². The summed E-state index contributed by atoms with van der Waals surface area (Å²) in [5, 5.41) is 0. The zero-order valence-corrected chi connectivity index (χ0v) is 8.30. The van der Waals surface area contributed by atoms with Crippen molar-refractivity contribution in [3.05, 3.63) is 0 Å². The Morgan fingerprint density at radius 1 is 1.00 bits per heavy atom. The van der Waals surface area contributed by atoms with Crippen molar-refractivity contribution in [1.82, 2.24) is 4.90 Å². The van der Waals surface area contributed by atoms with Crippen molar-refractivity contribution in [2.24, 2.45) is 11.8 Å². The van der Waals surface area contributed by atoms with E-state index in [2.05, 4.69) is 32.8 Å². The summed E-state index contributed by atoms with van der Waals surface area (Å²) in [6, 6.07) is 0.841. The smallest absolute Gasteiger partial charge is 0.00942 e. The monoisotopic (exact) mass is 157 g/mol. The molecule has 0 N–H and O–H groups in total. The van der Waals surface area contributed by atoms with Crippen LogP contribution in [0.15, 0.2) is 0 Å². The van der Waals surface area contributed by atoms with Crippen LogP contribution in [0, 0.1) is 11.8 Å². The van der Waals surface area contributed by atoms with Crippen molar-refractivity contribution in [3.63, 3.8) is 0 Å². The van der Waals surface area contributed by atoms with Crippen molar-refractivity contribution in [3.8, 4) is 0 Å². The summed E-state index contributed by atoms with van der Waals surface area (Å²) in [5.74, 6) is 1.87. The van der Waals surface area contributed by atoms with Crippen molar-refractivity contribution in [2.75, 3.05) is 14.1 Å². The molecule has 1 aliphatic rings. The highest BCUT2D eigenvalue weighted by atomic mass is 15.1. The molecule has 0 amide bonds. The molecule has 0 saturated heterocycles. The molecule has 0 aromatic rings. The molecule has 1 aliphatic carbocycles. The largest absolute Gasteiger partial charge is 0.306 e. The Balaban J connectivity index is 0.00000121. The molecule has 0 heterocycles. The zero-order chi connectivity index (χ0) is 8.43. The maximum Gasteiger partial charge on any atom is 0.00942 e. The number of rotatable bonds is 1. The second kappa shape index (κ2) is 3.57. The third kappa shape index (κ3) is 2.48. The van der Waals surface area contributed by atoms with Gasteiger partial charge in [0.2, 0.25) is 0 Å². The van der Waals surface area contributed by atoms with Crippen LogP contribution in [0.25, 0.3) is 0 Å². The lowest BCUT2D eigenvalue weighted by molar-refractivity contribution is 0.156. The van der Waals surface area contributed by atoms with E-state index in [1.165, 1.54) is 19.3 Å². The van der Waals surface area contributed by atoms with Crippen molar-refractivity contribution < 1.29 is 1.43 Å². The summed E-state index contributed by atoms with van der Waals surface area (Å²) in [4.78, 5) is 2.38. The standard InChI is InChI=1S/C10H21N.H2/c1-8-5-9(2)7-10(6-8)11(3)4;/h8-10H,5-7H2,1-4H3;1H/t8-,9?,10?;/m0./s1. The molecule has 1 heteroatoms. The van der Waals surface area contributed by atoms with Crippen molar-refractivity contribution in [1.29, 1.82) is 0 Å². The van der Waals surface area contributed by atoms with Gasteiger partial charge in [-0.2, -0.15) is 0 Å². The lowest BCUT2D eigenvalue weighted by Gasteiger charge is -2.35. The molecule has 0 aromatic carbocycles. The quantitative estimate of drug-likeness (QED) is 0.565. The van der Waals surface area contributed by atoms with E-state index in [1.807, 2.05) is 0 Å². The third-order valence-corrected chi connectivity index (χ3v) is 2.88. The Hall–Kier alpha value is -0.0400. The summed E-state index contributed by atoms with van der Waals surface area (Å²) >= 11 is 0. The first kappa shape index (κ1) is 9.05. The molecule has 0 radical (unpaired) electrons. The first-order valence-electron chi connectivity index (χ1n) is 4.76. The summed E-state index contributed by atoms with van der Waals surface area (Å²) in [6.45, 7) is 4.76. The van der Waals surface area contributed by atoms with Gasteiger partial charge < -0.3 is 4.90 Å². The van der Waals surface area contributed by atoms with Crippen LogP contribution in [0.2, 0.25) is 0 Å². The SMILES string of the molecule is CC1CC(N(C)C)C[C@@H](C)C1.[HH]. The first-order valence-corrected chi connectivity index (χ1v) is 4.76. The predicted molar refractivity (Wildman–Crippen MR) is 51.8 cm³/mol. The van der Waals surface area contributed by atoms with Crippen LogP contribution in [-0.2, 0) is 0 Å². The summed E-state index contributed by atoms with van der Waals surface area (Å²) in [6.07, 6.45) is 4.24. The molecular formula is C10H23N. The van der Waals surface area contributed by atoms with Crippen LogP contribution in [-0.4, -0.2) is 25.0 Å². The molecule has 0 aromatic heterocycles. The fourth-order valence-corrected chi connectivity index (χ4v) is 2.33. The first-order chi connectivity index (χ1) is 5.09. The average molecular weight is 157 g/mol. The molecular weight excluding hydrogens is 134 g/mol. The number of hydrogen-bond acceptors (Lipinski definition) is 1. The minimum absolute atomic E-state index is 0. The third-order valence-electron chi connectivity index (χ3n) is 2.88. The van der Waals surface area contributed by atoms with E-state index >= 15 is 0 Å². The van der Waals surface area contributed by atoms with Crippen LogP contribution >= 0.6 is 0 Å². The van der Waals surface area contributed by atoms with Gasteiger partial charge in [0.15, 0.2) is 0 Å². The van der Waals surface area contributed by atoms with Gasteiger partial charge in [-0.25, -0.2) is 0 Å². The minimum atomic E-state index is 0. The zero-order valence-electron chi connectivity index (χ0n) is 8.30. The van der Waals surface area contributed by atoms with Gasteiger partial charge in [-0.1, -0.05) is 13.8 Å². The Bertz CT molecular complexity index is 115. The molecule has 1 saturated carbocycles. The van der Waals surface area contributed by atoms with E-state index in [4.69, 9.17) is 0 Å². The maximum absolute atomic E-state index is 2.38. The van der Waals surface area contributed by atoms with Crippen LogP contribution < -0.4 is 0 Å². The molecule has 1 fully saturated rings. The van der Waals surface area contributed by atoms with Crippen molar-refractivity contribution in [2.45, 2.75) is 39.2 Å². The van der Waals surface area contributed by atoms with Gasteiger partial charge in [0.25, 0.3) is 0 Å². The molecule has 0 aliphatic heterocycles. The second-order valence-electron chi connectivity index (χ2n) is 4.53. The van der Waals surface area contributed by atoms with Gasteiger partial charge in [-0.3, -0.25) is 0 Å². The van der Waals surface area contributed by atoms with Crippen molar-refractivity contribution >= 4 is 0 Å². The molecule has 0 bridgehead atoms. The van der Waals surface area contributed by atoms with Gasteiger partial charge in [0.1, 0.15) is 0 Å². The Kier molecular flexibility index (Phi) is 2.94. The van der Waals surface area contributed by atoms with Gasteiger partial charge in [0.05, 0.1) is 0 Å². The minimum Gasteiger partial charge on any atom is -0.306 e. The van der Waals surface area contributed by atoms with Gasteiger partial charge >= 0.3 is 0 Å². The average Bonchev–Trinajstić information content (AvgIpc) is 1.85. The van der Waals surface area contributed by atoms with E-state index < -0.39 is 0 Å². The molecule has 68 valence electrons. The second-order valence-corrected chi connectivity index (χ2v) is 4.53. The predicted octanol–water partition coefficient (Wildman–Crippen LogP) is 2.62. The molecule has 1 nitrogen and oxygen atoms in total. The van der Waals surface area contributed by atoms with Crippen LogP contribution in [0.5, 0.6) is 0 Å². The highest BCUT2D eigenvalue weighted by molar-refractivity contribution is 4.78. The van der Waals surface area contributed by atoms with Gasteiger partial charge in [-0.15, -0.1) is 0 Å². The normalized spacial score (nSPS) is 39.5. The molecule has 11 heavy (non-hydrogen) atoms. The van der Waals surface area contributed by atoms with E-state index in [0.717, 1.165) is 17.9 Å². The van der Waals surface area contributed by atoms with E-state index in [9.17, 15) is 0 Å². The molecule has 0 spiro atoms. The Morgan fingerprint density at radius 3 is 1.82 bits per heavy atom. The lowest BCUT2D eigenvalue weighted by atomic mass is 9.80. The number of hydrogen-bond donors (Lipinski definition) is 0. The lowest BCUT2D eigenvalue weighted by Crippen LogP contribution is -2.35. The molecule has 1 rings (SSSR count). The van der Waals surface area contributed by atoms with E-state index in [-0.39, 0.29) is 1.43 Å². The van der Waals surface area contributed by atoms with Gasteiger partial charge in [-0.05, 0) is 45.2 Å². The Morgan fingerprint density at radius 2 is 1.45 bits per heavy atom. The fraction of sp³-hybridized carbons (Fsp3) is 1.00. The van der Waals surface area contributed by atoms with Crippen LogP contribution in [0.1, 0.15) is 34.5 Å². The topological polar surface area (TPSA) is 3.24 Å². The van der Waals surface area contributed by atoms with E-state index in [1.54, 1.807) is 0 Å². The molecule has 3 atom stereocenters. The van der Waals surface area contributed by atoms with E-state index in [0.29, 0.717) is 0 Å². The summed E-state index contributed by atoms with van der Waals surface area (Å²) in [5.41, 5.74) is 0. The van der Waals surface area contributed by atoms with Crippen LogP contribution in [0.3, 0.4) is 0 Å². The highest BCUT2D eigenvalue weighted by Gasteiger charge is 2.24. The number of nitrogens with zero attached hydrogens (tertiary/aromatic N) is 1. The molecule has 2 unspecified atom stereocenters. The summed E-state index contributed by atoms with van der Waals surface area (Å²) < 4.78 is 0. The van der Waals surface area contributed by atoms with Gasteiger partial charge in [0, 0.05) is 7.47 Å².